The Hall–Kier alpha value is -5.65. The molecule has 1 amide bonds. The maximum atomic E-state index is 13.5. The van der Waals surface area contributed by atoms with Crippen molar-refractivity contribution in [2.45, 2.75) is 19.9 Å². The number of hydrogen-bond donors (Lipinski definition) is 1. The van der Waals surface area contributed by atoms with E-state index in [0.29, 0.717) is 17.2 Å². The summed E-state index contributed by atoms with van der Waals surface area (Å²) < 4.78 is 31.8. The zero-order chi connectivity index (χ0) is 31.5. The van der Waals surface area contributed by atoms with Crippen LogP contribution in [0.5, 0.6) is 17.2 Å². The van der Waals surface area contributed by atoms with Crippen molar-refractivity contribution in [3.63, 3.8) is 0 Å². The number of nitrogens with zero attached hydrogens (tertiary/aromatic N) is 4. The second-order valence-corrected chi connectivity index (χ2v) is 10.1. The Labute approximate surface area is 251 Å². The highest BCUT2D eigenvalue weighted by Crippen LogP contribution is 2.37. The predicted octanol–water partition coefficient (Wildman–Crippen LogP) is 5.66. The molecule has 0 unspecified atom stereocenters. The van der Waals surface area contributed by atoms with E-state index >= 15 is 0 Å². The van der Waals surface area contributed by atoms with Crippen molar-refractivity contribution >= 4 is 34.1 Å². The van der Waals surface area contributed by atoms with Crippen molar-refractivity contribution in [1.82, 2.24) is 14.1 Å². The number of fused-ring (bicyclic) bond motifs is 1. The lowest BCUT2D eigenvalue weighted by molar-refractivity contribution is 0.213. The molecule has 0 aliphatic carbocycles. The first kappa shape index (κ1) is 29.8. The van der Waals surface area contributed by atoms with Crippen LogP contribution in [0.25, 0.3) is 16.6 Å². The van der Waals surface area contributed by atoms with Crippen LogP contribution in [0, 0.1) is 5.82 Å². The molecular formula is C32H30FN5O6. The number of amides is 1. The van der Waals surface area contributed by atoms with Crippen molar-refractivity contribution in [2.75, 3.05) is 31.5 Å². The molecule has 3 aromatic carbocycles. The maximum absolute atomic E-state index is 13.5. The molecule has 0 fully saturated rings. The highest BCUT2D eigenvalue weighted by atomic mass is 19.1. The van der Waals surface area contributed by atoms with E-state index in [9.17, 15) is 18.8 Å². The molecule has 12 heteroatoms. The number of halogens is 1. The number of pyridine rings is 1. The molecule has 0 aliphatic rings. The van der Waals surface area contributed by atoms with E-state index in [4.69, 9.17) is 14.2 Å². The van der Waals surface area contributed by atoms with Gasteiger partial charge in [-0.2, -0.15) is 0 Å². The zero-order valence-electron chi connectivity index (χ0n) is 24.7. The molecule has 0 bridgehead atoms. The van der Waals surface area contributed by atoms with E-state index in [0.717, 1.165) is 39.0 Å². The van der Waals surface area contributed by atoms with Crippen LogP contribution in [0.15, 0.2) is 88.7 Å². The lowest BCUT2D eigenvalue weighted by Gasteiger charge is -2.22. The minimum absolute atomic E-state index is 0.140. The molecule has 0 radical (unpaired) electrons. The number of carbonyl (C=O) groups is 1. The van der Waals surface area contributed by atoms with Gasteiger partial charge in [0.15, 0.2) is 11.5 Å². The maximum Gasteiger partial charge on any atom is 0.417 e. The normalized spacial score (nSPS) is 11.0. The van der Waals surface area contributed by atoms with Gasteiger partial charge in [-0.25, -0.2) is 18.5 Å². The molecule has 2 aromatic heterocycles. The largest absolute Gasteiger partial charge is 0.493 e. The summed E-state index contributed by atoms with van der Waals surface area (Å²) in [6.07, 6.45) is 1.97. The van der Waals surface area contributed by atoms with Crippen LogP contribution < -0.4 is 35.7 Å². The van der Waals surface area contributed by atoms with Crippen molar-refractivity contribution < 1.29 is 23.4 Å². The van der Waals surface area contributed by atoms with Gasteiger partial charge in [0.2, 0.25) is 5.75 Å². The lowest BCUT2D eigenvalue weighted by atomic mass is 10.1. The Bertz CT molecular complexity index is 1950. The van der Waals surface area contributed by atoms with Crippen LogP contribution in [0.1, 0.15) is 19.9 Å². The Balaban J connectivity index is 1.38. The van der Waals surface area contributed by atoms with Gasteiger partial charge in [0, 0.05) is 42.1 Å². The molecule has 0 atom stereocenters. The van der Waals surface area contributed by atoms with E-state index in [-0.39, 0.29) is 17.5 Å². The Morgan fingerprint density at radius 1 is 0.932 bits per heavy atom. The molecule has 1 N–H and O–H groups in total. The smallest absolute Gasteiger partial charge is 0.417 e. The van der Waals surface area contributed by atoms with Gasteiger partial charge >= 0.3 is 17.3 Å². The molecular weight excluding hydrogens is 569 g/mol. The topological polar surface area (TPSA) is 117 Å². The SMILES string of the molecule is COc1cc2nccc(N(C)c3ccc(NC(=O)Oc4cn(C(C)C)c(=O)n(-c5ccc(F)cc5)c4=O)cc3)c2cc1OC. The predicted molar refractivity (Wildman–Crippen MR) is 166 cm³/mol. The third-order valence-corrected chi connectivity index (χ3v) is 7.01. The summed E-state index contributed by atoms with van der Waals surface area (Å²) in [7, 11) is 5.04. The van der Waals surface area contributed by atoms with E-state index in [1.807, 2.05) is 42.3 Å². The van der Waals surface area contributed by atoms with Gasteiger partial charge in [-0.1, -0.05) is 0 Å². The number of nitrogens with one attached hydrogen (secondary N) is 1. The summed E-state index contributed by atoms with van der Waals surface area (Å²) in [6.45, 7) is 3.48. The quantitative estimate of drug-likeness (QED) is 0.243. The van der Waals surface area contributed by atoms with E-state index in [1.54, 1.807) is 46.4 Å². The standard InChI is InChI=1S/C32H30FN5O6/c1-19(2)37-18-29(30(39)38(32(37)41)23-10-6-20(33)7-11-23)44-31(40)35-21-8-12-22(13-9-21)36(3)26-14-15-34-25-17-28(43-5)27(42-4)16-24(25)26/h6-19H,1-5H3,(H,35,40). The van der Waals surface area contributed by atoms with Crippen LogP contribution in [-0.4, -0.2) is 41.5 Å². The minimum Gasteiger partial charge on any atom is -0.493 e. The summed E-state index contributed by atoms with van der Waals surface area (Å²) >= 11 is 0. The van der Waals surface area contributed by atoms with Gasteiger partial charge in [-0.15, -0.1) is 0 Å². The van der Waals surface area contributed by atoms with Crippen LogP contribution in [0.3, 0.4) is 0 Å². The van der Waals surface area contributed by atoms with Crippen LogP contribution in [-0.2, 0) is 0 Å². The molecule has 0 aliphatic heterocycles. The zero-order valence-corrected chi connectivity index (χ0v) is 24.7. The second-order valence-electron chi connectivity index (χ2n) is 10.1. The van der Waals surface area contributed by atoms with Crippen LogP contribution in [0.2, 0.25) is 0 Å². The molecule has 0 spiro atoms. The number of carbonyl (C=O) groups excluding carboxylic acids is 1. The summed E-state index contributed by atoms with van der Waals surface area (Å²) in [5, 5.41) is 3.46. The van der Waals surface area contributed by atoms with Crippen molar-refractivity contribution in [3.05, 3.63) is 106 Å². The van der Waals surface area contributed by atoms with Gasteiger partial charge in [0.25, 0.3) is 0 Å². The first-order valence-electron chi connectivity index (χ1n) is 13.6. The molecule has 11 nitrogen and oxygen atoms in total. The number of hydrogen-bond acceptors (Lipinski definition) is 8. The Kier molecular flexibility index (Phi) is 8.34. The monoisotopic (exact) mass is 599 g/mol. The van der Waals surface area contributed by atoms with Gasteiger partial charge in [0.1, 0.15) is 5.82 Å². The average molecular weight is 600 g/mol. The minimum atomic E-state index is -0.927. The van der Waals surface area contributed by atoms with Gasteiger partial charge < -0.3 is 19.1 Å². The first-order valence-corrected chi connectivity index (χ1v) is 13.6. The Morgan fingerprint density at radius 3 is 2.23 bits per heavy atom. The summed E-state index contributed by atoms with van der Waals surface area (Å²) in [5.41, 5.74) is 1.46. The second kappa shape index (κ2) is 12.3. The summed E-state index contributed by atoms with van der Waals surface area (Å²) in [6, 6.07) is 17.1. The third kappa shape index (κ3) is 5.82. The number of benzene rings is 3. The molecule has 5 rings (SSSR count). The van der Waals surface area contributed by atoms with E-state index in [1.165, 1.54) is 22.9 Å². The van der Waals surface area contributed by atoms with Gasteiger partial charge in [-0.3, -0.25) is 19.7 Å². The van der Waals surface area contributed by atoms with Crippen molar-refractivity contribution in [1.29, 1.82) is 0 Å². The average Bonchev–Trinajstić information content (AvgIpc) is 3.02. The highest BCUT2D eigenvalue weighted by Gasteiger charge is 2.19. The molecule has 44 heavy (non-hydrogen) atoms. The fourth-order valence-electron chi connectivity index (χ4n) is 4.71. The molecule has 5 aromatic rings. The van der Waals surface area contributed by atoms with Gasteiger partial charge in [0.05, 0.1) is 37.3 Å². The fraction of sp³-hybridized carbons (Fsp3) is 0.188. The van der Waals surface area contributed by atoms with Crippen molar-refractivity contribution in [3.8, 4) is 22.9 Å². The highest BCUT2D eigenvalue weighted by molar-refractivity contribution is 5.96. The number of anilines is 3. The number of rotatable bonds is 8. The molecule has 226 valence electrons. The third-order valence-electron chi connectivity index (χ3n) is 7.01. The fourth-order valence-corrected chi connectivity index (χ4v) is 4.71. The lowest BCUT2D eigenvalue weighted by Crippen LogP contribution is -2.40. The van der Waals surface area contributed by atoms with E-state index < -0.39 is 23.2 Å². The number of aromatic nitrogens is 3. The first-order chi connectivity index (χ1) is 21.1. The van der Waals surface area contributed by atoms with Crippen LogP contribution in [0.4, 0.5) is 26.2 Å². The van der Waals surface area contributed by atoms with Gasteiger partial charge in [-0.05, 0) is 74.5 Å². The molecule has 2 heterocycles. The summed E-state index contributed by atoms with van der Waals surface area (Å²) in [5.74, 6) is 0.263. The Morgan fingerprint density at radius 2 is 1.59 bits per heavy atom. The molecule has 0 saturated carbocycles. The molecule has 0 saturated heterocycles. The summed E-state index contributed by atoms with van der Waals surface area (Å²) in [4.78, 5) is 45.5. The number of ether oxygens (including phenoxy) is 3. The van der Waals surface area contributed by atoms with Crippen LogP contribution >= 0.6 is 0 Å². The van der Waals surface area contributed by atoms with Crippen molar-refractivity contribution in [2.24, 2.45) is 0 Å². The number of methoxy groups -OCH3 is 2. The van der Waals surface area contributed by atoms with E-state index in [2.05, 4.69) is 10.3 Å².